The van der Waals surface area contributed by atoms with Gasteiger partial charge in [0.2, 0.25) is 11.8 Å². The van der Waals surface area contributed by atoms with Crippen LogP contribution in [-0.4, -0.2) is 50.8 Å². The number of amides is 2. The molecule has 3 heterocycles. The van der Waals surface area contributed by atoms with E-state index in [1.807, 2.05) is 36.8 Å². The lowest BCUT2D eigenvalue weighted by molar-refractivity contribution is -0.137. The van der Waals surface area contributed by atoms with Gasteiger partial charge in [-0.1, -0.05) is 13.8 Å². The first-order chi connectivity index (χ1) is 11.0. The highest BCUT2D eigenvalue weighted by molar-refractivity contribution is 5.79. The standard InChI is InChI=1S/C17H26N4O2/c1-12(2)17(23)21-9-8-20-11-14(18-16(20)13(21)3)10-15(22)19-6-4-5-7-19/h11-13H,4-10H2,1-3H3/t13-/m1/s1. The van der Waals surface area contributed by atoms with E-state index in [1.54, 1.807) is 0 Å². The number of fused-ring (bicyclic) bond motifs is 1. The first kappa shape index (κ1) is 16.0. The third-order valence-corrected chi connectivity index (χ3v) is 4.85. The van der Waals surface area contributed by atoms with Crippen molar-refractivity contribution < 1.29 is 9.59 Å². The van der Waals surface area contributed by atoms with E-state index in [1.165, 1.54) is 0 Å². The number of carbonyl (C=O) groups is 2. The fourth-order valence-electron chi connectivity index (χ4n) is 3.50. The van der Waals surface area contributed by atoms with Crippen LogP contribution in [0.25, 0.3) is 0 Å². The Hall–Kier alpha value is -1.85. The first-order valence-corrected chi connectivity index (χ1v) is 8.61. The van der Waals surface area contributed by atoms with E-state index in [2.05, 4.69) is 9.55 Å². The van der Waals surface area contributed by atoms with Gasteiger partial charge >= 0.3 is 0 Å². The van der Waals surface area contributed by atoms with E-state index >= 15 is 0 Å². The summed E-state index contributed by atoms with van der Waals surface area (Å²) in [5.41, 5.74) is 0.822. The highest BCUT2D eigenvalue weighted by Crippen LogP contribution is 2.26. The molecule has 0 radical (unpaired) electrons. The molecule has 0 aliphatic carbocycles. The van der Waals surface area contributed by atoms with Crippen LogP contribution in [0.5, 0.6) is 0 Å². The molecular weight excluding hydrogens is 292 g/mol. The molecule has 0 aromatic carbocycles. The van der Waals surface area contributed by atoms with Gasteiger partial charge in [0.05, 0.1) is 18.2 Å². The second-order valence-electron chi connectivity index (χ2n) is 6.91. The minimum absolute atomic E-state index is 0.00447. The van der Waals surface area contributed by atoms with Crippen molar-refractivity contribution in [3.8, 4) is 0 Å². The molecule has 1 fully saturated rings. The summed E-state index contributed by atoms with van der Waals surface area (Å²) < 4.78 is 2.10. The molecule has 2 aliphatic heterocycles. The van der Waals surface area contributed by atoms with Crippen LogP contribution in [0.1, 0.15) is 51.2 Å². The van der Waals surface area contributed by atoms with Gasteiger partial charge in [-0.3, -0.25) is 9.59 Å². The van der Waals surface area contributed by atoms with Crippen molar-refractivity contribution >= 4 is 11.8 Å². The third-order valence-electron chi connectivity index (χ3n) is 4.85. The number of hydrogen-bond acceptors (Lipinski definition) is 3. The normalized spacial score (nSPS) is 21.0. The third kappa shape index (κ3) is 3.12. The van der Waals surface area contributed by atoms with E-state index in [0.717, 1.165) is 44.0 Å². The van der Waals surface area contributed by atoms with Gasteiger partial charge in [0.1, 0.15) is 5.82 Å². The predicted octanol–water partition coefficient (Wildman–Crippen LogP) is 1.61. The average molecular weight is 318 g/mol. The molecule has 1 saturated heterocycles. The van der Waals surface area contributed by atoms with Gasteiger partial charge in [0.15, 0.2) is 0 Å². The van der Waals surface area contributed by atoms with Gasteiger partial charge in [-0.05, 0) is 19.8 Å². The van der Waals surface area contributed by atoms with Crippen LogP contribution >= 0.6 is 0 Å². The van der Waals surface area contributed by atoms with Gasteiger partial charge in [-0.25, -0.2) is 4.98 Å². The van der Waals surface area contributed by atoms with Crippen molar-refractivity contribution in [2.24, 2.45) is 5.92 Å². The van der Waals surface area contributed by atoms with Crippen LogP contribution in [0.3, 0.4) is 0 Å². The maximum atomic E-state index is 12.3. The summed E-state index contributed by atoms with van der Waals surface area (Å²) in [5, 5.41) is 0. The summed E-state index contributed by atoms with van der Waals surface area (Å²) >= 11 is 0. The zero-order valence-electron chi connectivity index (χ0n) is 14.3. The van der Waals surface area contributed by atoms with Crippen LogP contribution in [0.15, 0.2) is 6.20 Å². The molecule has 1 atom stereocenters. The Balaban J connectivity index is 1.72. The number of rotatable bonds is 3. The van der Waals surface area contributed by atoms with Crippen molar-refractivity contribution in [1.29, 1.82) is 0 Å². The maximum Gasteiger partial charge on any atom is 0.228 e. The van der Waals surface area contributed by atoms with E-state index < -0.39 is 0 Å². The number of hydrogen-bond donors (Lipinski definition) is 0. The fourth-order valence-corrected chi connectivity index (χ4v) is 3.50. The largest absolute Gasteiger partial charge is 0.342 e. The molecule has 6 nitrogen and oxygen atoms in total. The van der Waals surface area contributed by atoms with Crippen LogP contribution < -0.4 is 0 Å². The molecule has 2 amide bonds. The molecule has 2 aliphatic rings. The predicted molar refractivity (Wildman–Crippen MR) is 86.7 cm³/mol. The number of imidazole rings is 1. The number of aromatic nitrogens is 2. The second kappa shape index (κ2) is 6.34. The Morgan fingerprint density at radius 3 is 2.57 bits per heavy atom. The molecular formula is C17H26N4O2. The van der Waals surface area contributed by atoms with Crippen molar-refractivity contribution in [2.75, 3.05) is 19.6 Å². The quantitative estimate of drug-likeness (QED) is 0.851. The molecule has 1 aromatic heterocycles. The first-order valence-electron chi connectivity index (χ1n) is 8.61. The molecule has 0 spiro atoms. The maximum absolute atomic E-state index is 12.3. The fraction of sp³-hybridized carbons (Fsp3) is 0.706. The molecule has 6 heteroatoms. The number of nitrogens with zero attached hydrogens (tertiary/aromatic N) is 4. The highest BCUT2D eigenvalue weighted by Gasteiger charge is 2.31. The molecule has 3 rings (SSSR count). The summed E-state index contributed by atoms with van der Waals surface area (Å²) in [6, 6.07) is -0.0331. The van der Waals surface area contributed by atoms with Crippen LogP contribution in [0, 0.1) is 5.92 Å². The lowest BCUT2D eigenvalue weighted by atomic mass is 10.1. The Morgan fingerprint density at radius 1 is 1.22 bits per heavy atom. The summed E-state index contributed by atoms with van der Waals surface area (Å²) in [6.07, 6.45) is 4.56. The van der Waals surface area contributed by atoms with Crippen LogP contribution in [-0.2, 0) is 22.6 Å². The molecule has 0 bridgehead atoms. The van der Waals surface area contributed by atoms with Gasteiger partial charge in [-0.15, -0.1) is 0 Å². The summed E-state index contributed by atoms with van der Waals surface area (Å²) in [4.78, 5) is 33.1. The Morgan fingerprint density at radius 2 is 1.91 bits per heavy atom. The van der Waals surface area contributed by atoms with Gasteiger partial charge in [0.25, 0.3) is 0 Å². The van der Waals surface area contributed by atoms with Crippen molar-refractivity contribution in [1.82, 2.24) is 19.4 Å². The lowest BCUT2D eigenvalue weighted by Crippen LogP contribution is -2.42. The molecule has 126 valence electrons. The topological polar surface area (TPSA) is 58.4 Å². The zero-order valence-corrected chi connectivity index (χ0v) is 14.3. The Kier molecular flexibility index (Phi) is 4.41. The molecule has 23 heavy (non-hydrogen) atoms. The van der Waals surface area contributed by atoms with Crippen molar-refractivity contribution in [3.63, 3.8) is 0 Å². The molecule has 1 aromatic rings. The monoisotopic (exact) mass is 318 g/mol. The van der Waals surface area contributed by atoms with Crippen molar-refractivity contribution in [3.05, 3.63) is 17.7 Å². The second-order valence-corrected chi connectivity index (χ2v) is 6.91. The summed E-state index contributed by atoms with van der Waals surface area (Å²) in [5.74, 6) is 1.23. The van der Waals surface area contributed by atoms with E-state index in [4.69, 9.17) is 0 Å². The average Bonchev–Trinajstić information content (AvgIpc) is 3.16. The summed E-state index contributed by atoms with van der Waals surface area (Å²) in [6.45, 7) is 9.08. The number of carbonyl (C=O) groups excluding carboxylic acids is 2. The van der Waals surface area contributed by atoms with E-state index in [0.29, 0.717) is 13.0 Å². The van der Waals surface area contributed by atoms with Gasteiger partial charge < -0.3 is 14.4 Å². The van der Waals surface area contributed by atoms with Crippen LogP contribution in [0.2, 0.25) is 0 Å². The zero-order chi connectivity index (χ0) is 16.6. The number of likely N-dealkylation sites (tertiary alicyclic amines) is 1. The lowest BCUT2D eigenvalue weighted by Gasteiger charge is -2.34. The minimum Gasteiger partial charge on any atom is -0.342 e. The van der Waals surface area contributed by atoms with Gasteiger partial charge in [0, 0.05) is 38.3 Å². The smallest absolute Gasteiger partial charge is 0.228 e. The van der Waals surface area contributed by atoms with Gasteiger partial charge in [-0.2, -0.15) is 0 Å². The van der Waals surface area contributed by atoms with E-state index in [9.17, 15) is 9.59 Å². The Bertz CT molecular complexity index is 602. The minimum atomic E-state index is -0.0331. The molecule has 0 N–H and O–H groups in total. The Labute approximate surface area is 137 Å². The molecule has 0 unspecified atom stereocenters. The molecule has 0 saturated carbocycles. The summed E-state index contributed by atoms with van der Waals surface area (Å²) in [7, 11) is 0. The van der Waals surface area contributed by atoms with Crippen molar-refractivity contribution in [2.45, 2.75) is 52.6 Å². The van der Waals surface area contributed by atoms with Crippen LogP contribution in [0.4, 0.5) is 0 Å². The SMILES string of the molecule is CC(C)C(=O)N1CCn2cc(CC(=O)N3CCCC3)nc2[C@H]1C. The van der Waals surface area contributed by atoms with E-state index in [-0.39, 0.29) is 23.8 Å². The highest BCUT2D eigenvalue weighted by atomic mass is 16.2.